The van der Waals surface area contributed by atoms with Crippen molar-refractivity contribution in [2.24, 2.45) is 5.92 Å². The Hall–Kier alpha value is -2.11. The molecule has 2 aromatic rings. The van der Waals surface area contributed by atoms with Crippen LogP contribution in [0.5, 0.6) is 0 Å². The fourth-order valence-electron chi connectivity index (χ4n) is 1.78. The van der Waals surface area contributed by atoms with Gasteiger partial charge in [-0.25, -0.2) is 4.98 Å². The first-order chi connectivity index (χ1) is 9.06. The van der Waals surface area contributed by atoms with Crippen LogP contribution in [0.2, 0.25) is 0 Å². The number of aryl methyl sites for hydroxylation is 1. The van der Waals surface area contributed by atoms with Gasteiger partial charge in [0.15, 0.2) is 5.82 Å². The summed E-state index contributed by atoms with van der Waals surface area (Å²) in [4.78, 5) is 16.2. The van der Waals surface area contributed by atoms with Crippen LogP contribution in [0, 0.1) is 12.8 Å². The van der Waals surface area contributed by atoms with Crippen LogP contribution in [0.4, 0.5) is 5.82 Å². The molecule has 0 aromatic carbocycles. The molecule has 0 spiro atoms. The van der Waals surface area contributed by atoms with Gasteiger partial charge in [0.25, 0.3) is 5.56 Å². The Labute approximate surface area is 111 Å². The Bertz CT molecular complexity index is 601. The normalized spacial score (nSPS) is 10.9. The molecule has 0 aliphatic rings. The maximum atomic E-state index is 12.1. The summed E-state index contributed by atoms with van der Waals surface area (Å²) in [7, 11) is 0. The minimum absolute atomic E-state index is 0.114. The molecule has 0 unspecified atom stereocenters. The zero-order valence-corrected chi connectivity index (χ0v) is 11.4. The highest BCUT2D eigenvalue weighted by Crippen LogP contribution is 2.04. The highest BCUT2D eigenvalue weighted by molar-refractivity contribution is 5.31. The first-order valence-corrected chi connectivity index (χ1v) is 6.28. The lowest BCUT2D eigenvalue weighted by molar-refractivity contribution is 0.391. The molecular weight excluding hydrogens is 244 g/mol. The summed E-state index contributed by atoms with van der Waals surface area (Å²) in [6.45, 7) is 7.06. The lowest BCUT2D eigenvalue weighted by atomic mass is 10.2. The van der Waals surface area contributed by atoms with Gasteiger partial charge in [0.05, 0.1) is 6.54 Å². The molecule has 2 heterocycles. The summed E-state index contributed by atoms with van der Waals surface area (Å²) in [6.07, 6.45) is 3.33. The second-order valence-electron chi connectivity index (χ2n) is 4.91. The van der Waals surface area contributed by atoms with Crippen molar-refractivity contribution < 1.29 is 4.52 Å². The van der Waals surface area contributed by atoms with Gasteiger partial charge in [-0.1, -0.05) is 19.0 Å². The maximum absolute atomic E-state index is 12.1. The number of hydrogen-bond donors (Lipinski definition) is 1. The van der Waals surface area contributed by atoms with Crippen molar-refractivity contribution in [3.8, 4) is 0 Å². The average molecular weight is 262 g/mol. The molecule has 0 atom stereocenters. The Kier molecular flexibility index (Phi) is 3.99. The summed E-state index contributed by atoms with van der Waals surface area (Å²) in [5.74, 6) is 1.49. The van der Waals surface area contributed by atoms with Crippen molar-refractivity contribution in [3.05, 3.63) is 40.3 Å². The van der Waals surface area contributed by atoms with Gasteiger partial charge in [0, 0.05) is 25.0 Å². The first kappa shape index (κ1) is 13.3. The molecule has 0 aliphatic carbocycles. The van der Waals surface area contributed by atoms with Crippen molar-refractivity contribution in [2.75, 3.05) is 5.32 Å². The van der Waals surface area contributed by atoms with E-state index in [2.05, 4.69) is 29.3 Å². The highest BCUT2D eigenvalue weighted by atomic mass is 16.5. The molecule has 19 heavy (non-hydrogen) atoms. The third-order valence-corrected chi connectivity index (χ3v) is 2.59. The Morgan fingerprint density at radius 1 is 1.47 bits per heavy atom. The van der Waals surface area contributed by atoms with E-state index < -0.39 is 0 Å². The molecule has 6 nitrogen and oxygen atoms in total. The van der Waals surface area contributed by atoms with Crippen LogP contribution in [-0.4, -0.2) is 14.7 Å². The van der Waals surface area contributed by atoms with E-state index in [0.29, 0.717) is 24.8 Å². The van der Waals surface area contributed by atoms with Gasteiger partial charge in [-0.3, -0.25) is 4.79 Å². The van der Waals surface area contributed by atoms with Gasteiger partial charge in [-0.15, -0.1) is 0 Å². The molecule has 0 aliphatic heterocycles. The van der Waals surface area contributed by atoms with Crippen LogP contribution >= 0.6 is 0 Å². The third-order valence-electron chi connectivity index (χ3n) is 2.59. The summed E-state index contributed by atoms with van der Waals surface area (Å²) in [5, 5.41) is 6.85. The average Bonchev–Trinajstić information content (AvgIpc) is 2.76. The van der Waals surface area contributed by atoms with Crippen molar-refractivity contribution in [3.63, 3.8) is 0 Å². The van der Waals surface area contributed by atoms with Gasteiger partial charge >= 0.3 is 0 Å². The van der Waals surface area contributed by atoms with Gasteiger partial charge in [-0.2, -0.15) is 0 Å². The van der Waals surface area contributed by atoms with Gasteiger partial charge in [-0.05, 0) is 12.8 Å². The van der Waals surface area contributed by atoms with Crippen molar-refractivity contribution in [2.45, 2.75) is 33.9 Å². The predicted molar refractivity (Wildman–Crippen MR) is 71.9 cm³/mol. The Balaban J connectivity index is 2.10. The highest BCUT2D eigenvalue weighted by Gasteiger charge is 2.07. The van der Waals surface area contributed by atoms with E-state index in [1.165, 1.54) is 0 Å². The number of hydrogen-bond acceptors (Lipinski definition) is 5. The van der Waals surface area contributed by atoms with E-state index in [-0.39, 0.29) is 5.56 Å². The number of rotatable bonds is 5. The fraction of sp³-hybridized carbons (Fsp3) is 0.462. The van der Waals surface area contributed by atoms with Crippen molar-refractivity contribution in [1.82, 2.24) is 14.7 Å². The van der Waals surface area contributed by atoms with Crippen LogP contribution in [0.1, 0.15) is 25.3 Å². The Morgan fingerprint density at radius 2 is 2.26 bits per heavy atom. The van der Waals surface area contributed by atoms with Gasteiger partial charge in [0.2, 0.25) is 0 Å². The molecule has 6 heteroatoms. The number of nitrogens with one attached hydrogen (secondary N) is 1. The van der Waals surface area contributed by atoms with Crippen molar-refractivity contribution >= 4 is 5.82 Å². The molecule has 102 valence electrons. The summed E-state index contributed by atoms with van der Waals surface area (Å²) in [5.41, 5.74) is 0.634. The lowest BCUT2D eigenvalue weighted by Crippen LogP contribution is -2.25. The van der Waals surface area contributed by atoms with Crippen LogP contribution in [-0.2, 0) is 13.1 Å². The molecule has 0 fully saturated rings. The zero-order valence-electron chi connectivity index (χ0n) is 11.4. The molecule has 2 aromatic heterocycles. The first-order valence-electron chi connectivity index (χ1n) is 6.28. The second kappa shape index (κ2) is 5.69. The van der Waals surface area contributed by atoms with E-state index in [1.807, 2.05) is 13.0 Å². The minimum Gasteiger partial charge on any atom is -0.361 e. The van der Waals surface area contributed by atoms with Crippen LogP contribution in [0.25, 0.3) is 0 Å². The van der Waals surface area contributed by atoms with E-state index in [4.69, 9.17) is 4.52 Å². The quantitative estimate of drug-likeness (QED) is 0.889. The number of anilines is 1. The minimum atomic E-state index is -0.114. The monoisotopic (exact) mass is 262 g/mol. The summed E-state index contributed by atoms with van der Waals surface area (Å²) >= 11 is 0. The topological polar surface area (TPSA) is 73.0 Å². The van der Waals surface area contributed by atoms with E-state index >= 15 is 0 Å². The molecular formula is C13H18N4O2. The van der Waals surface area contributed by atoms with E-state index in [0.717, 1.165) is 11.5 Å². The lowest BCUT2D eigenvalue weighted by Gasteiger charge is -2.10. The molecule has 0 radical (unpaired) electrons. The molecule has 0 saturated carbocycles. The molecule has 2 rings (SSSR count). The molecule has 0 bridgehead atoms. The van der Waals surface area contributed by atoms with Gasteiger partial charge < -0.3 is 14.4 Å². The largest absolute Gasteiger partial charge is 0.361 e. The summed E-state index contributed by atoms with van der Waals surface area (Å²) < 4.78 is 6.63. The summed E-state index contributed by atoms with van der Waals surface area (Å²) in [6, 6.07) is 1.82. The zero-order chi connectivity index (χ0) is 13.8. The van der Waals surface area contributed by atoms with E-state index in [9.17, 15) is 4.79 Å². The molecule has 0 saturated heterocycles. The van der Waals surface area contributed by atoms with Crippen LogP contribution in [0.3, 0.4) is 0 Å². The second-order valence-corrected chi connectivity index (χ2v) is 4.91. The maximum Gasteiger partial charge on any atom is 0.293 e. The van der Waals surface area contributed by atoms with Crippen LogP contribution < -0.4 is 10.9 Å². The molecule has 1 N–H and O–H groups in total. The fourth-order valence-corrected chi connectivity index (χ4v) is 1.78. The van der Waals surface area contributed by atoms with E-state index in [1.54, 1.807) is 17.0 Å². The number of aromatic nitrogens is 3. The standard InChI is InChI=1S/C13H18N4O2/c1-9(2)8-17-5-4-14-12(13(17)18)15-7-11-6-10(3)19-16-11/h4-6,9H,7-8H2,1-3H3,(H,14,15). The number of nitrogens with zero attached hydrogens (tertiary/aromatic N) is 3. The van der Waals surface area contributed by atoms with Gasteiger partial charge in [0.1, 0.15) is 11.5 Å². The predicted octanol–water partition coefficient (Wildman–Crippen LogP) is 1.81. The SMILES string of the molecule is Cc1cc(CNc2nccn(CC(C)C)c2=O)no1. The smallest absolute Gasteiger partial charge is 0.293 e. The molecule has 0 amide bonds. The Morgan fingerprint density at radius 3 is 2.89 bits per heavy atom. The van der Waals surface area contributed by atoms with Crippen LogP contribution in [0.15, 0.2) is 27.8 Å². The van der Waals surface area contributed by atoms with Crippen molar-refractivity contribution in [1.29, 1.82) is 0 Å². The third kappa shape index (κ3) is 3.43.